The number of carbonyl (C=O) groups excluding carboxylic acids is 4. The molecule has 8 nitrogen and oxygen atoms in total. The number of methoxy groups -OCH3 is 1. The molecule has 1 atom stereocenters. The van der Waals surface area contributed by atoms with Gasteiger partial charge in [0.25, 0.3) is 5.91 Å². The number of carbonyl (C=O) groups is 4. The van der Waals surface area contributed by atoms with Gasteiger partial charge in [0.05, 0.1) is 7.11 Å². The first-order chi connectivity index (χ1) is 12.3. The number of esters is 1. The lowest BCUT2D eigenvalue weighted by molar-refractivity contribution is -0.145. The lowest BCUT2D eigenvalue weighted by Crippen LogP contribution is -2.49. The predicted molar refractivity (Wildman–Crippen MR) is 94.1 cm³/mol. The topological polar surface area (TPSA) is 105 Å². The molecule has 2 rings (SSSR count). The van der Waals surface area contributed by atoms with Crippen LogP contribution in [0.5, 0.6) is 0 Å². The molecule has 8 heteroatoms. The molecule has 1 aliphatic heterocycles. The normalized spacial score (nSPS) is 20.7. The standard InChI is InChI=1S/C18H29N3O5/c1-12(2)10-13(15(23)26-3)19-14(22)11-21-16(24)18(20-17(21)25)8-6-4-5-7-9-18/h12-13H,4-11H2,1-3H3,(H,19,22)(H,20,25)/t13-/m1/s1. The molecule has 1 saturated heterocycles. The Morgan fingerprint density at radius 3 is 2.35 bits per heavy atom. The highest BCUT2D eigenvalue weighted by molar-refractivity contribution is 6.09. The molecule has 1 heterocycles. The first-order valence-corrected chi connectivity index (χ1v) is 9.30. The van der Waals surface area contributed by atoms with Crippen molar-refractivity contribution in [3.63, 3.8) is 0 Å². The second-order valence-corrected chi connectivity index (χ2v) is 7.59. The fourth-order valence-corrected chi connectivity index (χ4v) is 3.70. The van der Waals surface area contributed by atoms with Crippen molar-refractivity contribution < 1.29 is 23.9 Å². The summed E-state index contributed by atoms with van der Waals surface area (Å²) in [5.74, 6) is -1.25. The van der Waals surface area contributed by atoms with Gasteiger partial charge in [-0.25, -0.2) is 9.59 Å². The van der Waals surface area contributed by atoms with Crippen LogP contribution < -0.4 is 10.6 Å². The zero-order chi connectivity index (χ0) is 19.3. The monoisotopic (exact) mass is 367 g/mol. The van der Waals surface area contributed by atoms with Gasteiger partial charge < -0.3 is 15.4 Å². The van der Waals surface area contributed by atoms with Crippen molar-refractivity contribution in [3.8, 4) is 0 Å². The molecule has 0 bridgehead atoms. The lowest BCUT2D eigenvalue weighted by Gasteiger charge is -2.25. The molecule has 1 aliphatic carbocycles. The van der Waals surface area contributed by atoms with Crippen LogP contribution in [0.15, 0.2) is 0 Å². The van der Waals surface area contributed by atoms with E-state index in [1.165, 1.54) is 7.11 Å². The van der Waals surface area contributed by atoms with E-state index in [9.17, 15) is 19.2 Å². The fourth-order valence-electron chi connectivity index (χ4n) is 3.70. The second-order valence-electron chi connectivity index (χ2n) is 7.59. The molecular formula is C18H29N3O5. The zero-order valence-corrected chi connectivity index (χ0v) is 15.8. The lowest BCUT2D eigenvalue weighted by atomic mass is 9.90. The minimum absolute atomic E-state index is 0.172. The van der Waals surface area contributed by atoms with Crippen LogP contribution >= 0.6 is 0 Å². The van der Waals surface area contributed by atoms with E-state index < -0.39 is 36.0 Å². The van der Waals surface area contributed by atoms with E-state index in [-0.39, 0.29) is 11.8 Å². The summed E-state index contributed by atoms with van der Waals surface area (Å²) in [5, 5.41) is 5.38. The van der Waals surface area contributed by atoms with Crippen LogP contribution in [0, 0.1) is 5.92 Å². The Labute approximate surface area is 154 Å². The van der Waals surface area contributed by atoms with Gasteiger partial charge in [-0.1, -0.05) is 39.5 Å². The molecule has 146 valence electrons. The summed E-state index contributed by atoms with van der Waals surface area (Å²) in [6.07, 6.45) is 5.47. The maximum absolute atomic E-state index is 12.8. The van der Waals surface area contributed by atoms with Crippen molar-refractivity contribution in [2.45, 2.75) is 70.4 Å². The summed E-state index contributed by atoms with van der Waals surface area (Å²) in [5.41, 5.74) is -0.868. The van der Waals surface area contributed by atoms with Gasteiger partial charge in [-0.3, -0.25) is 14.5 Å². The fraction of sp³-hybridized carbons (Fsp3) is 0.778. The van der Waals surface area contributed by atoms with Crippen LogP contribution in [0.4, 0.5) is 4.79 Å². The van der Waals surface area contributed by atoms with Crippen molar-refractivity contribution in [2.75, 3.05) is 13.7 Å². The highest BCUT2D eigenvalue weighted by Crippen LogP contribution is 2.32. The molecule has 26 heavy (non-hydrogen) atoms. The van der Waals surface area contributed by atoms with Crippen LogP contribution in [0.25, 0.3) is 0 Å². The maximum Gasteiger partial charge on any atom is 0.328 e. The molecule has 1 spiro atoms. The minimum Gasteiger partial charge on any atom is -0.467 e. The van der Waals surface area contributed by atoms with Crippen molar-refractivity contribution in [1.82, 2.24) is 15.5 Å². The average molecular weight is 367 g/mol. The molecule has 2 aliphatic rings. The molecule has 0 radical (unpaired) electrons. The van der Waals surface area contributed by atoms with Gasteiger partial charge in [-0.05, 0) is 25.2 Å². The Kier molecular flexibility index (Phi) is 6.61. The van der Waals surface area contributed by atoms with E-state index in [0.717, 1.165) is 30.6 Å². The van der Waals surface area contributed by atoms with Gasteiger partial charge in [0.1, 0.15) is 18.1 Å². The number of amides is 4. The van der Waals surface area contributed by atoms with Crippen LogP contribution in [0.3, 0.4) is 0 Å². The number of nitrogens with one attached hydrogen (secondary N) is 2. The van der Waals surface area contributed by atoms with Crippen LogP contribution in [-0.2, 0) is 19.1 Å². The third-order valence-electron chi connectivity index (χ3n) is 5.03. The molecule has 0 aromatic rings. The maximum atomic E-state index is 12.8. The van der Waals surface area contributed by atoms with Gasteiger partial charge in [0.15, 0.2) is 0 Å². The Morgan fingerprint density at radius 2 is 1.81 bits per heavy atom. The molecule has 4 amide bonds. The molecular weight excluding hydrogens is 338 g/mol. The molecule has 2 N–H and O–H groups in total. The summed E-state index contributed by atoms with van der Waals surface area (Å²) in [6.45, 7) is 3.46. The van der Waals surface area contributed by atoms with Gasteiger partial charge in [0, 0.05) is 0 Å². The Balaban J connectivity index is 2.02. The third-order valence-corrected chi connectivity index (χ3v) is 5.03. The van der Waals surface area contributed by atoms with Crippen LogP contribution in [0.2, 0.25) is 0 Å². The molecule has 0 aromatic carbocycles. The number of rotatable bonds is 6. The molecule has 0 unspecified atom stereocenters. The minimum atomic E-state index is -0.868. The number of urea groups is 1. The van der Waals surface area contributed by atoms with Crippen molar-refractivity contribution in [1.29, 1.82) is 0 Å². The van der Waals surface area contributed by atoms with E-state index >= 15 is 0 Å². The van der Waals surface area contributed by atoms with Crippen molar-refractivity contribution in [3.05, 3.63) is 0 Å². The van der Waals surface area contributed by atoms with E-state index in [2.05, 4.69) is 10.6 Å². The predicted octanol–water partition coefficient (Wildman–Crippen LogP) is 1.34. The first kappa shape index (κ1) is 20.2. The Bertz CT molecular complexity index is 567. The van der Waals surface area contributed by atoms with Gasteiger partial charge >= 0.3 is 12.0 Å². The van der Waals surface area contributed by atoms with E-state index in [4.69, 9.17) is 4.74 Å². The quantitative estimate of drug-likeness (QED) is 0.544. The first-order valence-electron chi connectivity index (χ1n) is 9.30. The molecule has 2 fully saturated rings. The number of nitrogens with zero attached hydrogens (tertiary/aromatic N) is 1. The number of ether oxygens (including phenoxy) is 1. The van der Waals surface area contributed by atoms with Crippen LogP contribution in [0.1, 0.15) is 58.8 Å². The Morgan fingerprint density at radius 1 is 1.19 bits per heavy atom. The number of imide groups is 1. The summed E-state index contributed by atoms with van der Waals surface area (Å²) in [4.78, 5) is 50.2. The van der Waals surface area contributed by atoms with E-state index in [1.54, 1.807) is 0 Å². The SMILES string of the molecule is COC(=O)[C@@H](CC(C)C)NC(=O)CN1C(=O)NC2(CCCCCC2)C1=O. The summed E-state index contributed by atoms with van der Waals surface area (Å²) >= 11 is 0. The van der Waals surface area contributed by atoms with Gasteiger partial charge in [-0.15, -0.1) is 0 Å². The van der Waals surface area contributed by atoms with Crippen LogP contribution in [-0.4, -0.2) is 54.0 Å². The average Bonchev–Trinajstić information content (AvgIpc) is 2.75. The summed E-state index contributed by atoms with van der Waals surface area (Å²) in [6, 6.07) is -1.33. The largest absolute Gasteiger partial charge is 0.467 e. The van der Waals surface area contributed by atoms with Gasteiger partial charge in [-0.2, -0.15) is 0 Å². The summed E-state index contributed by atoms with van der Waals surface area (Å²) in [7, 11) is 1.26. The summed E-state index contributed by atoms with van der Waals surface area (Å²) < 4.78 is 4.72. The third kappa shape index (κ3) is 4.53. The second kappa shape index (κ2) is 8.51. The Hall–Kier alpha value is -2.12. The number of hydrogen-bond acceptors (Lipinski definition) is 5. The zero-order valence-electron chi connectivity index (χ0n) is 15.8. The number of hydrogen-bond donors (Lipinski definition) is 2. The van der Waals surface area contributed by atoms with Crippen molar-refractivity contribution >= 4 is 23.8 Å². The van der Waals surface area contributed by atoms with E-state index in [1.807, 2.05) is 13.8 Å². The highest BCUT2D eigenvalue weighted by Gasteiger charge is 2.51. The highest BCUT2D eigenvalue weighted by atomic mass is 16.5. The van der Waals surface area contributed by atoms with Gasteiger partial charge in [0.2, 0.25) is 5.91 Å². The molecule has 1 saturated carbocycles. The van der Waals surface area contributed by atoms with Crippen molar-refractivity contribution in [2.24, 2.45) is 5.92 Å². The smallest absolute Gasteiger partial charge is 0.328 e. The van der Waals surface area contributed by atoms with E-state index in [0.29, 0.717) is 19.3 Å². The molecule has 0 aromatic heterocycles.